The van der Waals surface area contributed by atoms with Crippen molar-refractivity contribution in [2.24, 2.45) is 0 Å². The van der Waals surface area contributed by atoms with Crippen LogP contribution in [-0.4, -0.2) is 38.5 Å². The summed E-state index contributed by atoms with van der Waals surface area (Å²) in [5, 5.41) is 2.78. The minimum atomic E-state index is -3.92. The second-order valence-corrected chi connectivity index (χ2v) is 9.57. The van der Waals surface area contributed by atoms with E-state index in [9.17, 15) is 13.2 Å². The van der Waals surface area contributed by atoms with E-state index in [1.165, 1.54) is 18.3 Å². The fraction of sp³-hybridized carbons (Fsp3) is 0.269. The molecule has 0 saturated heterocycles. The lowest BCUT2D eigenvalue weighted by Crippen LogP contribution is -2.15. The summed E-state index contributed by atoms with van der Waals surface area (Å²) < 4.78 is 38.6. The van der Waals surface area contributed by atoms with Gasteiger partial charge in [0.15, 0.2) is 11.5 Å². The van der Waals surface area contributed by atoms with E-state index in [1.807, 2.05) is 18.2 Å². The van der Waals surface area contributed by atoms with Gasteiger partial charge < -0.3 is 14.8 Å². The maximum Gasteiger partial charge on any atom is 0.264 e. The molecule has 2 aromatic carbocycles. The zero-order chi connectivity index (χ0) is 26.0. The molecule has 2 N–H and O–H groups in total. The number of ether oxygens (including phenoxy) is 2. The van der Waals surface area contributed by atoms with Crippen molar-refractivity contribution in [3.63, 3.8) is 0 Å². The number of carbonyl (C=O) groups is 1. The molecule has 0 radical (unpaired) electrons. The number of rotatable bonds is 12. The summed E-state index contributed by atoms with van der Waals surface area (Å²) in [6, 6.07) is 13.1. The van der Waals surface area contributed by atoms with Gasteiger partial charge in [0.1, 0.15) is 0 Å². The molecule has 0 bridgehead atoms. The summed E-state index contributed by atoms with van der Waals surface area (Å²) in [7, 11) is -0.789. The summed E-state index contributed by atoms with van der Waals surface area (Å²) in [6.07, 6.45) is 8.30. The molecule has 36 heavy (non-hydrogen) atoms. The minimum Gasteiger partial charge on any atom is -0.493 e. The van der Waals surface area contributed by atoms with Crippen LogP contribution in [0, 0.1) is 0 Å². The zero-order valence-electron chi connectivity index (χ0n) is 20.5. The maximum atomic E-state index is 12.8. The minimum absolute atomic E-state index is 0.0290. The van der Waals surface area contributed by atoms with Crippen LogP contribution in [-0.2, 0) is 14.8 Å². The van der Waals surface area contributed by atoms with Gasteiger partial charge in [0.05, 0.1) is 24.8 Å². The van der Waals surface area contributed by atoms with Gasteiger partial charge in [-0.25, -0.2) is 23.1 Å². The van der Waals surface area contributed by atoms with E-state index in [0.717, 1.165) is 24.8 Å². The Kier molecular flexibility index (Phi) is 9.40. The number of hydrogen-bond donors (Lipinski definition) is 2. The van der Waals surface area contributed by atoms with Crippen molar-refractivity contribution in [3.05, 3.63) is 66.0 Å². The van der Waals surface area contributed by atoms with Crippen LogP contribution in [0.25, 0.3) is 12.2 Å². The number of anilines is 2. The molecule has 10 heteroatoms. The number of nitrogens with one attached hydrogen (secondary N) is 2. The highest BCUT2D eigenvalue weighted by molar-refractivity contribution is 7.92. The van der Waals surface area contributed by atoms with Gasteiger partial charge in [-0.3, -0.25) is 4.79 Å². The highest BCUT2D eigenvalue weighted by Gasteiger charge is 2.16. The third-order valence-electron chi connectivity index (χ3n) is 5.21. The third kappa shape index (κ3) is 7.54. The van der Waals surface area contributed by atoms with Crippen molar-refractivity contribution in [1.82, 2.24) is 9.97 Å². The van der Waals surface area contributed by atoms with E-state index in [2.05, 4.69) is 26.9 Å². The summed E-state index contributed by atoms with van der Waals surface area (Å²) in [5.41, 5.74) is 1.90. The molecule has 190 valence electrons. The fourth-order valence-electron chi connectivity index (χ4n) is 3.31. The predicted molar refractivity (Wildman–Crippen MR) is 141 cm³/mol. The van der Waals surface area contributed by atoms with Crippen LogP contribution >= 0.6 is 0 Å². The number of carbonyl (C=O) groups excluding carboxylic acids is 1. The highest BCUT2D eigenvalue weighted by Crippen LogP contribution is 2.28. The summed E-state index contributed by atoms with van der Waals surface area (Å²) in [4.78, 5) is 20.3. The topological polar surface area (TPSA) is 120 Å². The number of sulfonamides is 1. The lowest BCUT2D eigenvalue weighted by molar-refractivity contribution is -0.116. The molecule has 0 spiro atoms. The first-order valence-corrected chi connectivity index (χ1v) is 13.0. The number of aromatic nitrogens is 2. The Morgan fingerprint density at radius 2 is 1.72 bits per heavy atom. The van der Waals surface area contributed by atoms with Crippen LogP contribution in [0.3, 0.4) is 0 Å². The Balaban J connectivity index is 1.67. The highest BCUT2D eigenvalue weighted by atomic mass is 32.2. The van der Waals surface area contributed by atoms with E-state index >= 15 is 0 Å². The zero-order valence-corrected chi connectivity index (χ0v) is 21.3. The number of amides is 1. The predicted octanol–water partition coefficient (Wildman–Crippen LogP) is 4.98. The van der Waals surface area contributed by atoms with Crippen LogP contribution in [0.1, 0.15) is 43.9 Å². The molecule has 3 rings (SSSR count). The van der Waals surface area contributed by atoms with Gasteiger partial charge in [0.2, 0.25) is 11.9 Å². The van der Waals surface area contributed by atoms with E-state index in [4.69, 9.17) is 9.47 Å². The molecule has 3 aromatic rings. The van der Waals surface area contributed by atoms with E-state index in [0.29, 0.717) is 29.3 Å². The van der Waals surface area contributed by atoms with E-state index in [1.54, 1.807) is 44.6 Å². The second-order valence-electron chi connectivity index (χ2n) is 7.89. The Morgan fingerprint density at radius 3 is 2.42 bits per heavy atom. The average molecular weight is 511 g/mol. The first-order valence-electron chi connectivity index (χ1n) is 11.5. The van der Waals surface area contributed by atoms with Gasteiger partial charge in [0.25, 0.3) is 10.0 Å². The van der Waals surface area contributed by atoms with Crippen LogP contribution < -0.4 is 19.5 Å². The summed E-state index contributed by atoms with van der Waals surface area (Å²) >= 11 is 0. The molecule has 0 aliphatic heterocycles. The monoisotopic (exact) mass is 510 g/mol. The maximum absolute atomic E-state index is 12.8. The van der Waals surface area contributed by atoms with Crippen molar-refractivity contribution in [2.75, 3.05) is 24.3 Å². The van der Waals surface area contributed by atoms with Gasteiger partial charge in [-0.1, -0.05) is 31.9 Å². The molecule has 9 nitrogen and oxygen atoms in total. The molecule has 0 unspecified atom stereocenters. The van der Waals surface area contributed by atoms with E-state index in [-0.39, 0.29) is 16.8 Å². The standard InChI is InChI=1S/C26H30N4O5S/c1-4-5-6-7-25(31)28-20-11-13-22(14-12-20)36(32,33)30-26-27-17-16-21(29-26)10-8-19-9-15-23(34-2)24(18-19)35-3/h8-18H,4-7H2,1-3H3,(H,28,31)(H,27,29,30)/b10-8-. The van der Waals surface area contributed by atoms with Crippen molar-refractivity contribution in [1.29, 1.82) is 0 Å². The normalized spacial score (nSPS) is 11.3. The number of nitrogens with zero attached hydrogens (tertiary/aromatic N) is 2. The van der Waals surface area contributed by atoms with Crippen LogP contribution in [0.5, 0.6) is 11.5 Å². The molecule has 0 fully saturated rings. The Morgan fingerprint density at radius 1 is 0.972 bits per heavy atom. The Labute approximate surface area is 211 Å². The van der Waals surface area contributed by atoms with Crippen molar-refractivity contribution < 1.29 is 22.7 Å². The second kappa shape index (κ2) is 12.7. The van der Waals surface area contributed by atoms with Gasteiger partial charge in [-0.2, -0.15) is 0 Å². The molecular weight excluding hydrogens is 480 g/mol. The molecule has 1 amide bonds. The van der Waals surface area contributed by atoms with Gasteiger partial charge in [-0.05, 0) is 60.5 Å². The summed E-state index contributed by atoms with van der Waals surface area (Å²) in [5.74, 6) is 1.06. The average Bonchev–Trinajstić information content (AvgIpc) is 2.87. The van der Waals surface area contributed by atoms with Gasteiger partial charge in [0, 0.05) is 18.3 Å². The van der Waals surface area contributed by atoms with Crippen LogP contribution in [0.2, 0.25) is 0 Å². The Hall–Kier alpha value is -3.92. The number of hydrogen-bond acceptors (Lipinski definition) is 7. The lowest BCUT2D eigenvalue weighted by atomic mass is 10.1. The van der Waals surface area contributed by atoms with Crippen LogP contribution in [0.4, 0.5) is 11.6 Å². The van der Waals surface area contributed by atoms with Crippen molar-refractivity contribution in [3.8, 4) is 11.5 Å². The first-order chi connectivity index (χ1) is 17.3. The molecule has 0 atom stereocenters. The lowest BCUT2D eigenvalue weighted by Gasteiger charge is -2.09. The SMILES string of the molecule is CCCCCC(=O)Nc1ccc(S(=O)(=O)Nc2nccc(/C=C\c3ccc(OC)c(OC)c3)n2)cc1. The van der Waals surface area contributed by atoms with E-state index < -0.39 is 10.0 Å². The number of unbranched alkanes of at least 4 members (excludes halogenated alkanes) is 2. The van der Waals surface area contributed by atoms with Crippen molar-refractivity contribution >= 4 is 39.7 Å². The first kappa shape index (κ1) is 26.7. The number of methoxy groups -OCH3 is 2. The quantitative estimate of drug-likeness (QED) is 0.330. The third-order valence-corrected chi connectivity index (χ3v) is 6.56. The molecular formula is C26H30N4O5S. The molecule has 0 saturated carbocycles. The molecule has 0 aliphatic carbocycles. The smallest absolute Gasteiger partial charge is 0.264 e. The fourth-order valence-corrected chi connectivity index (χ4v) is 4.26. The van der Waals surface area contributed by atoms with Crippen LogP contribution in [0.15, 0.2) is 59.6 Å². The van der Waals surface area contributed by atoms with Gasteiger partial charge >= 0.3 is 0 Å². The molecule has 0 aliphatic rings. The van der Waals surface area contributed by atoms with Gasteiger partial charge in [-0.15, -0.1) is 0 Å². The largest absolute Gasteiger partial charge is 0.493 e. The van der Waals surface area contributed by atoms with Crippen molar-refractivity contribution in [2.45, 2.75) is 37.5 Å². The molecule has 1 heterocycles. The summed E-state index contributed by atoms with van der Waals surface area (Å²) in [6.45, 7) is 2.07. The molecule has 1 aromatic heterocycles. The number of benzene rings is 2. The Bertz CT molecular complexity index is 1310.